The summed E-state index contributed by atoms with van der Waals surface area (Å²) in [6.07, 6.45) is 9.15. The number of aromatic amines is 1. The molecule has 0 bridgehead atoms. The lowest BCUT2D eigenvalue weighted by molar-refractivity contribution is 0.0174. The molecule has 0 amide bonds. The van der Waals surface area contributed by atoms with Gasteiger partial charge in [0.2, 0.25) is 0 Å². The second-order valence-electron chi connectivity index (χ2n) is 8.02. The number of anilines is 1. The maximum atomic E-state index is 13.8. The lowest BCUT2D eigenvalue weighted by Crippen LogP contribution is -2.09. The predicted octanol–water partition coefficient (Wildman–Crippen LogP) is 5.84. The van der Waals surface area contributed by atoms with Gasteiger partial charge in [-0.05, 0) is 30.2 Å². The summed E-state index contributed by atoms with van der Waals surface area (Å²) >= 11 is 0. The van der Waals surface area contributed by atoms with Crippen molar-refractivity contribution in [3.8, 4) is 0 Å². The first-order valence-corrected chi connectivity index (χ1v) is 10.8. The summed E-state index contributed by atoms with van der Waals surface area (Å²) in [5.41, 5.74) is 4.16. The van der Waals surface area contributed by atoms with Gasteiger partial charge in [0.15, 0.2) is 0 Å². The van der Waals surface area contributed by atoms with Gasteiger partial charge >= 0.3 is 0 Å². The van der Waals surface area contributed by atoms with Gasteiger partial charge in [-0.25, -0.2) is 18.7 Å². The van der Waals surface area contributed by atoms with Gasteiger partial charge in [-0.15, -0.1) is 0 Å². The van der Waals surface area contributed by atoms with Crippen LogP contribution in [-0.2, 0) is 12.5 Å². The predicted molar refractivity (Wildman–Crippen MR) is 134 cm³/mol. The standard InChI is InChI=1S/C26H26F2N6/c1-5-6-9-18(14-29-4)20-12-21-23(22-15-31-34-24(20)22)32-16(2)33-25(21)30-13-17-8-7-10-19(11-17)26(3,27)28/h5-12,14-15,29H,1,13H2,2-4H3,(H,31,34)(H,30,32,33)/b9-6-,18-14+. The van der Waals surface area contributed by atoms with Crippen molar-refractivity contribution in [3.05, 3.63) is 90.1 Å². The quantitative estimate of drug-likeness (QED) is 0.288. The maximum Gasteiger partial charge on any atom is 0.270 e. The van der Waals surface area contributed by atoms with Crippen molar-refractivity contribution in [2.45, 2.75) is 26.3 Å². The summed E-state index contributed by atoms with van der Waals surface area (Å²) in [7, 11) is 1.83. The fourth-order valence-corrected chi connectivity index (χ4v) is 3.86. The highest BCUT2D eigenvalue weighted by Crippen LogP contribution is 2.34. The van der Waals surface area contributed by atoms with Gasteiger partial charge in [0.1, 0.15) is 11.6 Å². The smallest absolute Gasteiger partial charge is 0.270 e. The van der Waals surface area contributed by atoms with Crippen LogP contribution in [0.1, 0.15) is 29.4 Å². The molecule has 2 heterocycles. The van der Waals surface area contributed by atoms with E-state index in [0.29, 0.717) is 18.2 Å². The first-order valence-electron chi connectivity index (χ1n) is 10.8. The Morgan fingerprint density at radius 1 is 1.21 bits per heavy atom. The van der Waals surface area contributed by atoms with E-state index in [4.69, 9.17) is 0 Å². The Morgan fingerprint density at radius 3 is 2.76 bits per heavy atom. The number of aromatic nitrogens is 4. The topological polar surface area (TPSA) is 78.5 Å². The van der Waals surface area contributed by atoms with Gasteiger partial charge in [-0.2, -0.15) is 5.10 Å². The fourth-order valence-electron chi connectivity index (χ4n) is 3.86. The van der Waals surface area contributed by atoms with Gasteiger partial charge in [0.25, 0.3) is 5.92 Å². The molecule has 2 aromatic carbocycles. The minimum atomic E-state index is -2.90. The molecule has 8 heteroatoms. The lowest BCUT2D eigenvalue weighted by Gasteiger charge is -2.15. The molecule has 174 valence electrons. The summed E-state index contributed by atoms with van der Waals surface area (Å²) in [4.78, 5) is 9.28. The van der Waals surface area contributed by atoms with Crippen LogP contribution in [0.5, 0.6) is 0 Å². The first kappa shape index (κ1) is 23.1. The van der Waals surface area contributed by atoms with Gasteiger partial charge in [0, 0.05) is 48.6 Å². The van der Waals surface area contributed by atoms with Crippen LogP contribution in [0, 0.1) is 6.92 Å². The zero-order valence-electron chi connectivity index (χ0n) is 19.3. The molecule has 0 saturated heterocycles. The lowest BCUT2D eigenvalue weighted by atomic mass is 10.00. The molecule has 0 radical (unpaired) electrons. The molecule has 0 spiro atoms. The minimum Gasteiger partial charge on any atom is -0.393 e. The number of hydrogen-bond donors (Lipinski definition) is 3. The van der Waals surface area contributed by atoms with Crippen LogP contribution in [0.4, 0.5) is 14.6 Å². The van der Waals surface area contributed by atoms with Crippen LogP contribution in [0.25, 0.3) is 27.4 Å². The third-order valence-electron chi connectivity index (χ3n) is 5.43. The number of benzene rings is 2. The Bertz CT molecular complexity index is 1410. The molecule has 0 aliphatic carbocycles. The van der Waals surface area contributed by atoms with E-state index in [1.807, 2.05) is 44.5 Å². The van der Waals surface area contributed by atoms with Crippen molar-refractivity contribution in [3.63, 3.8) is 0 Å². The van der Waals surface area contributed by atoms with E-state index >= 15 is 0 Å². The molecule has 2 aromatic heterocycles. The van der Waals surface area contributed by atoms with Crippen molar-refractivity contribution < 1.29 is 8.78 Å². The molecule has 3 N–H and O–H groups in total. The van der Waals surface area contributed by atoms with Crippen molar-refractivity contribution >= 4 is 33.2 Å². The summed E-state index contributed by atoms with van der Waals surface area (Å²) in [6.45, 7) is 6.81. The Balaban J connectivity index is 1.83. The average Bonchev–Trinajstić information content (AvgIpc) is 3.30. The zero-order valence-corrected chi connectivity index (χ0v) is 19.3. The van der Waals surface area contributed by atoms with E-state index in [9.17, 15) is 8.78 Å². The van der Waals surface area contributed by atoms with Gasteiger partial charge in [0.05, 0.1) is 17.2 Å². The van der Waals surface area contributed by atoms with Crippen LogP contribution in [0.15, 0.2) is 67.5 Å². The van der Waals surface area contributed by atoms with E-state index in [2.05, 4.69) is 37.4 Å². The molecule has 0 aliphatic heterocycles. The minimum absolute atomic E-state index is 0.0197. The second-order valence-corrected chi connectivity index (χ2v) is 8.02. The zero-order chi connectivity index (χ0) is 24.3. The highest BCUT2D eigenvalue weighted by molar-refractivity contribution is 6.11. The number of nitrogens with zero attached hydrogens (tertiary/aromatic N) is 3. The average molecular weight is 461 g/mol. The number of nitrogens with one attached hydrogen (secondary N) is 3. The van der Waals surface area contributed by atoms with Crippen LogP contribution in [-0.4, -0.2) is 27.2 Å². The van der Waals surface area contributed by atoms with Crippen molar-refractivity contribution in [2.75, 3.05) is 12.4 Å². The SMILES string of the molecule is C=C/C=C\C(=C/NC)c1cc2c(NCc3cccc(C(C)(F)F)c3)nc(C)nc2c2cn[nH]c12. The normalized spacial score (nSPS) is 12.6. The number of aryl methyl sites for hydroxylation is 1. The highest BCUT2D eigenvalue weighted by atomic mass is 19.3. The summed E-state index contributed by atoms with van der Waals surface area (Å²) in [6, 6.07) is 8.40. The Kier molecular flexibility index (Phi) is 6.40. The van der Waals surface area contributed by atoms with Gasteiger partial charge in [-0.1, -0.05) is 43.0 Å². The van der Waals surface area contributed by atoms with Crippen molar-refractivity contribution in [2.24, 2.45) is 0 Å². The van der Waals surface area contributed by atoms with Crippen LogP contribution < -0.4 is 10.6 Å². The van der Waals surface area contributed by atoms with Crippen molar-refractivity contribution in [1.29, 1.82) is 0 Å². The Hall–Kier alpha value is -4.07. The van der Waals surface area contributed by atoms with E-state index in [1.165, 1.54) is 12.1 Å². The number of halogens is 2. The Labute approximate surface area is 196 Å². The van der Waals surface area contributed by atoms with E-state index in [0.717, 1.165) is 45.4 Å². The van der Waals surface area contributed by atoms with Crippen LogP contribution in [0.2, 0.25) is 0 Å². The summed E-state index contributed by atoms with van der Waals surface area (Å²) in [5.74, 6) is -1.68. The molecular weight excluding hydrogens is 434 g/mol. The number of allylic oxidation sites excluding steroid dienone is 4. The second kappa shape index (κ2) is 9.43. The molecule has 4 rings (SSSR count). The largest absolute Gasteiger partial charge is 0.393 e. The third-order valence-corrected chi connectivity index (χ3v) is 5.43. The number of H-pyrrole nitrogens is 1. The van der Waals surface area contributed by atoms with Gasteiger partial charge < -0.3 is 10.6 Å². The number of fused-ring (bicyclic) bond motifs is 3. The molecule has 0 aliphatic rings. The van der Waals surface area contributed by atoms with Gasteiger partial charge in [-0.3, -0.25) is 5.10 Å². The molecule has 6 nitrogen and oxygen atoms in total. The molecule has 0 fully saturated rings. The van der Waals surface area contributed by atoms with Crippen molar-refractivity contribution in [1.82, 2.24) is 25.5 Å². The molecule has 34 heavy (non-hydrogen) atoms. The van der Waals surface area contributed by atoms with E-state index in [1.54, 1.807) is 18.3 Å². The number of rotatable bonds is 8. The summed E-state index contributed by atoms with van der Waals surface area (Å²) in [5, 5.41) is 15.4. The molecule has 0 atom stereocenters. The molecule has 0 saturated carbocycles. The Morgan fingerprint density at radius 2 is 2.03 bits per heavy atom. The van der Waals surface area contributed by atoms with E-state index < -0.39 is 5.92 Å². The molecule has 4 aromatic rings. The number of alkyl halides is 2. The highest BCUT2D eigenvalue weighted by Gasteiger charge is 2.24. The monoisotopic (exact) mass is 460 g/mol. The molecule has 0 unspecified atom stereocenters. The molecular formula is C26H26F2N6. The van der Waals surface area contributed by atoms with E-state index in [-0.39, 0.29) is 5.56 Å². The number of hydrogen-bond acceptors (Lipinski definition) is 5. The fraction of sp³-hybridized carbons (Fsp3) is 0.192. The van der Waals surface area contributed by atoms with Crippen LogP contribution >= 0.6 is 0 Å². The van der Waals surface area contributed by atoms with Crippen LogP contribution in [0.3, 0.4) is 0 Å². The third kappa shape index (κ3) is 4.66. The summed E-state index contributed by atoms with van der Waals surface area (Å²) < 4.78 is 27.6. The maximum absolute atomic E-state index is 13.8. The first-order chi connectivity index (χ1) is 16.3.